The first-order chi connectivity index (χ1) is 10.5. The minimum Gasteiger partial charge on any atom is -0.311 e. The molecule has 1 heterocycles. The van der Waals surface area contributed by atoms with Crippen LogP contribution in [-0.2, 0) is 7.05 Å². The number of benzene rings is 2. The summed E-state index contributed by atoms with van der Waals surface area (Å²) in [5, 5.41) is 16.1. The standard InChI is InChI=1S/C17H16N4O/c1-11(18)20-17(22)13-6-7-16-12(8-13)4-3-5-15(16)14-9-19-21(2)10-14/h3-10H,1-2H3,(H2,18,20,22). The lowest BCUT2D eigenvalue weighted by Gasteiger charge is -2.07. The fourth-order valence-corrected chi connectivity index (χ4v) is 2.48. The van der Waals surface area contributed by atoms with Crippen LogP contribution in [0.15, 0.2) is 48.8 Å². The van der Waals surface area contributed by atoms with Gasteiger partial charge in [0.25, 0.3) is 5.91 Å². The van der Waals surface area contributed by atoms with Crippen molar-refractivity contribution in [1.82, 2.24) is 15.1 Å². The van der Waals surface area contributed by atoms with Crippen molar-refractivity contribution in [2.75, 3.05) is 0 Å². The summed E-state index contributed by atoms with van der Waals surface area (Å²) < 4.78 is 1.77. The molecule has 0 aliphatic rings. The van der Waals surface area contributed by atoms with Gasteiger partial charge in [-0.05, 0) is 35.4 Å². The lowest BCUT2D eigenvalue weighted by atomic mass is 9.98. The third-order valence-electron chi connectivity index (χ3n) is 3.46. The summed E-state index contributed by atoms with van der Waals surface area (Å²) in [5.41, 5.74) is 2.67. The predicted molar refractivity (Wildman–Crippen MR) is 87.0 cm³/mol. The van der Waals surface area contributed by atoms with E-state index >= 15 is 0 Å². The Balaban J connectivity index is 2.08. The number of aryl methyl sites for hydroxylation is 1. The van der Waals surface area contributed by atoms with Crippen LogP contribution in [0.25, 0.3) is 21.9 Å². The van der Waals surface area contributed by atoms with Crippen LogP contribution in [0.1, 0.15) is 17.3 Å². The molecule has 22 heavy (non-hydrogen) atoms. The number of nitrogens with one attached hydrogen (secondary N) is 2. The van der Waals surface area contributed by atoms with Crippen LogP contribution in [-0.4, -0.2) is 21.5 Å². The molecule has 3 aromatic rings. The Labute approximate surface area is 128 Å². The Kier molecular flexibility index (Phi) is 3.47. The van der Waals surface area contributed by atoms with Crippen LogP contribution >= 0.6 is 0 Å². The molecule has 110 valence electrons. The summed E-state index contributed by atoms with van der Waals surface area (Å²) in [6, 6.07) is 11.5. The maximum absolute atomic E-state index is 12.0. The molecule has 0 saturated heterocycles. The van der Waals surface area contributed by atoms with Crippen molar-refractivity contribution in [3.8, 4) is 11.1 Å². The van der Waals surface area contributed by atoms with Gasteiger partial charge in [-0.2, -0.15) is 5.10 Å². The summed E-state index contributed by atoms with van der Waals surface area (Å²) >= 11 is 0. The fraction of sp³-hybridized carbons (Fsp3) is 0.118. The number of rotatable bonds is 2. The molecule has 5 nitrogen and oxygen atoms in total. The minimum atomic E-state index is -0.263. The molecular formula is C17H16N4O. The van der Waals surface area contributed by atoms with Gasteiger partial charge >= 0.3 is 0 Å². The minimum absolute atomic E-state index is 0.134. The van der Waals surface area contributed by atoms with Gasteiger partial charge in [-0.15, -0.1) is 0 Å². The average molecular weight is 292 g/mol. The molecular weight excluding hydrogens is 276 g/mol. The predicted octanol–water partition coefficient (Wildman–Crippen LogP) is 2.97. The molecule has 0 spiro atoms. The molecule has 0 aliphatic heterocycles. The molecule has 3 rings (SSSR count). The summed E-state index contributed by atoms with van der Waals surface area (Å²) in [6.07, 6.45) is 3.79. The van der Waals surface area contributed by atoms with Gasteiger partial charge in [-0.1, -0.05) is 24.3 Å². The van der Waals surface area contributed by atoms with E-state index in [0.29, 0.717) is 5.56 Å². The SMILES string of the molecule is CC(=N)NC(=O)c1ccc2c(-c3cnn(C)c3)cccc2c1. The molecule has 2 aromatic carbocycles. The lowest BCUT2D eigenvalue weighted by Crippen LogP contribution is -2.27. The summed E-state index contributed by atoms with van der Waals surface area (Å²) in [5.74, 6) is -0.129. The van der Waals surface area contributed by atoms with E-state index in [1.165, 1.54) is 0 Å². The van der Waals surface area contributed by atoms with Crippen molar-refractivity contribution < 1.29 is 4.79 Å². The van der Waals surface area contributed by atoms with Gasteiger partial charge in [0.15, 0.2) is 0 Å². The molecule has 0 fully saturated rings. The highest BCUT2D eigenvalue weighted by atomic mass is 16.1. The number of carbonyl (C=O) groups excluding carboxylic acids is 1. The maximum atomic E-state index is 12.0. The third-order valence-corrected chi connectivity index (χ3v) is 3.46. The van der Waals surface area contributed by atoms with Gasteiger partial charge in [-0.25, -0.2) is 0 Å². The quantitative estimate of drug-likeness (QED) is 0.563. The number of hydrogen-bond acceptors (Lipinski definition) is 3. The van der Waals surface area contributed by atoms with Crippen LogP contribution < -0.4 is 5.32 Å². The van der Waals surface area contributed by atoms with Gasteiger partial charge in [0.1, 0.15) is 0 Å². The van der Waals surface area contributed by atoms with Crippen molar-refractivity contribution in [1.29, 1.82) is 5.41 Å². The molecule has 0 saturated carbocycles. The molecule has 0 bridgehead atoms. The van der Waals surface area contributed by atoms with Gasteiger partial charge in [0, 0.05) is 24.4 Å². The molecule has 0 aliphatic carbocycles. The zero-order chi connectivity index (χ0) is 15.7. The van der Waals surface area contributed by atoms with E-state index in [4.69, 9.17) is 5.41 Å². The van der Waals surface area contributed by atoms with Crippen molar-refractivity contribution in [3.63, 3.8) is 0 Å². The third kappa shape index (κ3) is 2.61. The van der Waals surface area contributed by atoms with Crippen LogP contribution in [0.3, 0.4) is 0 Å². The van der Waals surface area contributed by atoms with Gasteiger partial charge in [-0.3, -0.25) is 14.9 Å². The molecule has 1 amide bonds. The van der Waals surface area contributed by atoms with E-state index in [1.807, 2.05) is 49.8 Å². The number of carbonyl (C=O) groups is 1. The second-order valence-corrected chi connectivity index (χ2v) is 5.22. The van der Waals surface area contributed by atoms with Crippen molar-refractivity contribution in [2.24, 2.45) is 7.05 Å². The first-order valence-electron chi connectivity index (χ1n) is 6.93. The average Bonchev–Trinajstić information content (AvgIpc) is 2.91. The van der Waals surface area contributed by atoms with Crippen LogP contribution in [0.2, 0.25) is 0 Å². The van der Waals surface area contributed by atoms with E-state index in [1.54, 1.807) is 17.7 Å². The molecule has 0 unspecified atom stereocenters. The van der Waals surface area contributed by atoms with Crippen LogP contribution in [0.5, 0.6) is 0 Å². The summed E-state index contributed by atoms with van der Waals surface area (Å²) in [6.45, 7) is 1.54. The number of amidine groups is 1. The Bertz CT molecular complexity index is 879. The van der Waals surface area contributed by atoms with Crippen molar-refractivity contribution in [3.05, 3.63) is 54.4 Å². The van der Waals surface area contributed by atoms with Gasteiger partial charge in [0.05, 0.1) is 12.0 Å². The first-order valence-corrected chi connectivity index (χ1v) is 6.93. The number of amides is 1. The summed E-state index contributed by atoms with van der Waals surface area (Å²) in [4.78, 5) is 12.0. The second-order valence-electron chi connectivity index (χ2n) is 5.22. The highest BCUT2D eigenvalue weighted by molar-refractivity contribution is 6.07. The van der Waals surface area contributed by atoms with Crippen molar-refractivity contribution >= 4 is 22.5 Å². The monoisotopic (exact) mass is 292 g/mol. The zero-order valence-electron chi connectivity index (χ0n) is 12.4. The zero-order valence-corrected chi connectivity index (χ0v) is 12.4. The molecule has 0 radical (unpaired) electrons. The van der Waals surface area contributed by atoms with E-state index in [-0.39, 0.29) is 11.7 Å². The highest BCUT2D eigenvalue weighted by Gasteiger charge is 2.10. The number of nitrogens with zero attached hydrogens (tertiary/aromatic N) is 2. The Morgan fingerprint density at radius 3 is 2.77 bits per heavy atom. The Morgan fingerprint density at radius 1 is 1.27 bits per heavy atom. The Morgan fingerprint density at radius 2 is 2.09 bits per heavy atom. The molecule has 1 aromatic heterocycles. The van der Waals surface area contributed by atoms with E-state index in [2.05, 4.69) is 10.4 Å². The van der Waals surface area contributed by atoms with Crippen LogP contribution in [0, 0.1) is 5.41 Å². The van der Waals surface area contributed by atoms with E-state index in [9.17, 15) is 4.79 Å². The molecule has 0 atom stereocenters. The smallest absolute Gasteiger partial charge is 0.256 e. The summed E-state index contributed by atoms with van der Waals surface area (Å²) in [7, 11) is 1.89. The largest absolute Gasteiger partial charge is 0.311 e. The topological polar surface area (TPSA) is 70.8 Å². The maximum Gasteiger partial charge on any atom is 0.256 e. The van der Waals surface area contributed by atoms with E-state index in [0.717, 1.165) is 21.9 Å². The Hall–Kier alpha value is -2.95. The lowest BCUT2D eigenvalue weighted by molar-refractivity contribution is 0.0977. The van der Waals surface area contributed by atoms with Crippen molar-refractivity contribution in [2.45, 2.75) is 6.92 Å². The number of aromatic nitrogens is 2. The fourth-order valence-electron chi connectivity index (χ4n) is 2.48. The number of hydrogen-bond donors (Lipinski definition) is 2. The highest BCUT2D eigenvalue weighted by Crippen LogP contribution is 2.28. The normalized spacial score (nSPS) is 10.6. The molecule has 5 heteroatoms. The first kappa shape index (κ1) is 14.0. The molecule has 2 N–H and O–H groups in total. The number of fused-ring (bicyclic) bond motifs is 1. The van der Waals surface area contributed by atoms with Gasteiger partial charge in [0.2, 0.25) is 0 Å². The van der Waals surface area contributed by atoms with Gasteiger partial charge < -0.3 is 5.32 Å². The van der Waals surface area contributed by atoms with Crippen LogP contribution in [0.4, 0.5) is 0 Å². The second kappa shape index (κ2) is 5.44. The van der Waals surface area contributed by atoms with E-state index < -0.39 is 0 Å².